The lowest BCUT2D eigenvalue weighted by Gasteiger charge is -2.15. The number of pyridine rings is 1. The SMILES string of the molecule is CCOC(=O)Cc1c(OC(F)(F)F)cnc(OC)c1I. The molecule has 1 aromatic rings. The number of nitrogens with zero attached hydrogens (tertiary/aromatic N) is 1. The van der Waals surface area contributed by atoms with E-state index in [1.807, 2.05) is 0 Å². The molecule has 0 saturated carbocycles. The fourth-order valence-corrected chi connectivity index (χ4v) is 2.18. The summed E-state index contributed by atoms with van der Waals surface area (Å²) in [6, 6.07) is 0. The highest BCUT2D eigenvalue weighted by Gasteiger charge is 2.33. The molecule has 5 nitrogen and oxygen atoms in total. The van der Waals surface area contributed by atoms with E-state index in [4.69, 9.17) is 9.47 Å². The summed E-state index contributed by atoms with van der Waals surface area (Å²) in [5.41, 5.74) is 0.0215. The normalized spacial score (nSPS) is 11.1. The van der Waals surface area contributed by atoms with Crippen molar-refractivity contribution in [3.05, 3.63) is 15.3 Å². The molecule has 0 saturated heterocycles. The fraction of sp³-hybridized carbons (Fsp3) is 0.455. The van der Waals surface area contributed by atoms with Gasteiger partial charge in [0, 0.05) is 5.56 Å². The van der Waals surface area contributed by atoms with Gasteiger partial charge < -0.3 is 14.2 Å². The monoisotopic (exact) mass is 405 g/mol. The number of ether oxygens (including phenoxy) is 3. The zero-order valence-electron chi connectivity index (χ0n) is 10.6. The summed E-state index contributed by atoms with van der Waals surface area (Å²) in [7, 11) is 1.32. The molecule has 9 heteroatoms. The van der Waals surface area contributed by atoms with Crippen molar-refractivity contribution < 1.29 is 32.2 Å². The van der Waals surface area contributed by atoms with Crippen LogP contribution in [0.25, 0.3) is 0 Å². The summed E-state index contributed by atoms with van der Waals surface area (Å²) in [5.74, 6) is -1.10. The van der Waals surface area contributed by atoms with Gasteiger partial charge in [-0.2, -0.15) is 0 Å². The Morgan fingerprint density at radius 2 is 2.10 bits per heavy atom. The number of methoxy groups -OCH3 is 1. The van der Waals surface area contributed by atoms with Gasteiger partial charge in [-0.05, 0) is 29.5 Å². The molecule has 20 heavy (non-hydrogen) atoms. The lowest BCUT2D eigenvalue weighted by atomic mass is 10.2. The molecule has 0 aliphatic heterocycles. The van der Waals surface area contributed by atoms with Crippen LogP contribution in [0.3, 0.4) is 0 Å². The third-order valence-electron chi connectivity index (χ3n) is 2.09. The number of carbonyl (C=O) groups is 1. The Bertz CT molecular complexity index is 493. The van der Waals surface area contributed by atoms with Gasteiger partial charge in [0.25, 0.3) is 0 Å². The zero-order valence-corrected chi connectivity index (χ0v) is 12.7. The van der Waals surface area contributed by atoms with Gasteiger partial charge in [0.15, 0.2) is 5.75 Å². The first-order chi connectivity index (χ1) is 9.28. The van der Waals surface area contributed by atoms with Crippen molar-refractivity contribution >= 4 is 28.6 Å². The summed E-state index contributed by atoms with van der Waals surface area (Å²) >= 11 is 1.74. The summed E-state index contributed by atoms with van der Waals surface area (Å²) in [6.45, 7) is 1.73. The Morgan fingerprint density at radius 3 is 2.60 bits per heavy atom. The van der Waals surface area contributed by atoms with E-state index < -0.39 is 18.1 Å². The second-order valence-electron chi connectivity index (χ2n) is 3.45. The average Bonchev–Trinajstić information content (AvgIpc) is 2.32. The maximum atomic E-state index is 12.3. The van der Waals surface area contributed by atoms with Gasteiger partial charge in [0.2, 0.25) is 5.88 Å². The predicted molar refractivity (Wildman–Crippen MR) is 70.5 cm³/mol. The molecule has 0 atom stereocenters. The minimum Gasteiger partial charge on any atom is -0.480 e. The van der Waals surface area contributed by atoms with Crippen molar-refractivity contribution in [2.24, 2.45) is 0 Å². The summed E-state index contributed by atoms with van der Waals surface area (Å²) in [6.07, 6.45) is -4.37. The van der Waals surface area contributed by atoms with Gasteiger partial charge in [0.05, 0.1) is 29.9 Å². The second-order valence-corrected chi connectivity index (χ2v) is 4.53. The average molecular weight is 405 g/mol. The molecule has 0 aromatic carbocycles. The molecule has 1 heterocycles. The molecule has 0 radical (unpaired) electrons. The van der Waals surface area contributed by atoms with E-state index in [2.05, 4.69) is 9.72 Å². The van der Waals surface area contributed by atoms with Gasteiger partial charge in [-0.15, -0.1) is 13.2 Å². The number of esters is 1. The molecule has 0 bridgehead atoms. The molecule has 0 unspecified atom stereocenters. The molecular weight excluding hydrogens is 394 g/mol. The van der Waals surface area contributed by atoms with Crippen LogP contribution in [0, 0.1) is 3.57 Å². The third-order valence-corrected chi connectivity index (χ3v) is 3.21. The summed E-state index contributed by atoms with van der Waals surface area (Å²) < 4.78 is 50.7. The van der Waals surface area contributed by atoms with E-state index in [9.17, 15) is 18.0 Å². The van der Waals surface area contributed by atoms with Crippen molar-refractivity contribution in [2.45, 2.75) is 19.7 Å². The van der Waals surface area contributed by atoms with Crippen molar-refractivity contribution in [2.75, 3.05) is 13.7 Å². The Hall–Kier alpha value is -1.26. The van der Waals surface area contributed by atoms with Crippen LogP contribution >= 0.6 is 22.6 Å². The van der Waals surface area contributed by atoms with E-state index in [1.54, 1.807) is 29.5 Å². The first kappa shape index (κ1) is 16.8. The Labute approximate surface area is 126 Å². The van der Waals surface area contributed by atoms with Gasteiger partial charge in [-0.3, -0.25) is 4.79 Å². The quantitative estimate of drug-likeness (QED) is 0.557. The molecule has 0 fully saturated rings. The number of carbonyl (C=O) groups excluding carboxylic acids is 1. The molecular formula is C11H11F3INO4. The van der Waals surface area contributed by atoms with Gasteiger partial charge in [0.1, 0.15) is 0 Å². The van der Waals surface area contributed by atoms with Crippen LogP contribution in [-0.2, 0) is 16.0 Å². The highest BCUT2D eigenvalue weighted by atomic mass is 127. The lowest BCUT2D eigenvalue weighted by Crippen LogP contribution is -2.20. The smallest absolute Gasteiger partial charge is 0.480 e. The maximum absolute atomic E-state index is 12.3. The predicted octanol–water partition coefficient (Wildman–Crippen LogP) is 2.70. The number of rotatable bonds is 5. The van der Waals surface area contributed by atoms with Crippen LogP contribution in [0.4, 0.5) is 13.2 Å². The molecule has 0 aliphatic carbocycles. The maximum Gasteiger partial charge on any atom is 0.573 e. The Balaban J connectivity index is 3.16. The van der Waals surface area contributed by atoms with Gasteiger partial charge in [-0.25, -0.2) is 4.98 Å². The number of alkyl halides is 3. The Morgan fingerprint density at radius 1 is 1.45 bits per heavy atom. The largest absolute Gasteiger partial charge is 0.573 e. The van der Waals surface area contributed by atoms with Crippen molar-refractivity contribution in [3.8, 4) is 11.6 Å². The lowest BCUT2D eigenvalue weighted by molar-refractivity contribution is -0.275. The summed E-state index contributed by atoms with van der Waals surface area (Å²) in [5, 5.41) is 0. The number of halogens is 4. The van der Waals surface area contributed by atoms with Crippen LogP contribution in [0.1, 0.15) is 12.5 Å². The van der Waals surface area contributed by atoms with Crippen molar-refractivity contribution in [3.63, 3.8) is 0 Å². The van der Waals surface area contributed by atoms with E-state index >= 15 is 0 Å². The highest BCUT2D eigenvalue weighted by Crippen LogP contribution is 2.33. The number of hydrogen-bond acceptors (Lipinski definition) is 5. The topological polar surface area (TPSA) is 57.7 Å². The molecule has 0 spiro atoms. The standard InChI is InChI=1S/C11H11F3INO4/c1-3-19-8(17)4-6-7(20-11(12,13)14)5-16-10(18-2)9(6)15/h5H,3-4H2,1-2H3. The van der Waals surface area contributed by atoms with E-state index in [-0.39, 0.29) is 28.0 Å². The Kier molecular flexibility index (Phi) is 5.84. The van der Waals surface area contributed by atoms with Crippen LogP contribution in [0.15, 0.2) is 6.20 Å². The van der Waals surface area contributed by atoms with Crippen LogP contribution in [0.5, 0.6) is 11.6 Å². The molecule has 0 aliphatic rings. The zero-order chi connectivity index (χ0) is 15.3. The van der Waals surface area contributed by atoms with E-state index in [0.717, 1.165) is 6.20 Å². The molecule has 0 N–H and O–H groups in total. The molecule has 1 aromatic heterocycles. The van der Waals surface area contributed by atoms with Crippen LogP contribution in [0.2, 0.25) is 0 Å². The fourth-order valence-electron chi connectivity index (χ4n) is 1.37. The molecule has 1 rings (SSSR count). The van der Waals surface area contributed by atoms with Crippen molar-refractivity contribution in [1.82, 2.24) is 4.98 Å². The molecule has 112 valence electrons. The number of aromatic nitrogens is 1. The second kappa shape index (κ2) is 6.95. The van der Waals surface area contributed by atoms with Gasteiger partial charge >= 0.3 is 12.3 Å². The van der Waals surface area contributed by atoms with E-state index in [0.29, 0.717) is 0 Å². The van der Waals surface area contributed by atoms with Crippen LogP contribution in [-0.4, -0.2) is 31.0 Å². The minimum absolute atomic E-state index is 0.0215. The molecule has 0 amide bonds. The first-order valence-corrected chi connectivity index (χ1v) is 6.49. The minimum atomic E-state index is -4.87. The highest BCUT2D eigenvalue weighted by molar-refractivity contribution is 14.1. The van der Waals surface area contributed by atoms with Crippen molar-refractivity contribution in [1.29, 1.82) is 0 Å². The summed E-state index contributed by atoms with van der Waals surface area (Å²) in [4.78, 5) is 15.1. The van der Waals surface area contributed by atoms with Gasteiger partial charge in [-0.1, -0.05) is 0 Å². The third kappa shape index (κ3) is 4.69. The number of hydrogen-bond donors (Lipinski definition) is 0. The van der Waals surface area contributed by atoms with Crippen LogP contribution < -0.4 is 9.47 Å². The first-order valence-electron chi connectivity index (χ1n) is 5.41. The van der Waals surface area contributed by atoms with E-state index in [1.165, 1.54) is 7.11 Å².